The molecule has 3 rings (SSSR count). The molecule has 1 aromatic carbocycles. The van der Waals surface area contributed by atoms with E-state index in [4.69, 9.17) is 9.26 Å². The lowest BCUT2D eigenvalue weighted by Gasteiger charge is -2.17. The second kappa shape index (κ2) is 8.62. The van der Waals surface area contributed by atoms with Gasteiger partial charge in [-0.25, -0.2) is 0 Å². The molecule has 0 bridgehead atoms. The van der Waals surface area contributed by atoms with Crippen molar-refractivity contribution in [2.24, 2.45) is 0 Å². The molecule has 3 aromatic rings. The predicted octanol–water partition coefficient (Wildman–Crippen LogP) is 3.83. The van der Waals surface area contributed by atoms with Crippen LogP contribution in [-0.4, -0.2) is 22.2 Å². The van der Waals surface area contributed by atoms with Gasteiger partial charge in [-0.15, -0.1) is 11.3 Å². The van der Waals surface area contributed by atoms with Crippen LogP contribution < -0.4 is 10.1 Å². The van der Waals surface area contributed by atoms with Gasteiger partial charge in [0.1, 0.15) is 5.75 Å². The van der Waals surface area contributed by atoms with Gasteiger partial charge in [-0.05, 0) is 42.0 Å². The van der Waals surface area contributed by atoms with E-state index in [0.717, 1.165) is 11.3 Å². The molecule has 1 atom stereocenters. The van der Waals surface area contributed by atoms with Crippen molar-refractivity contribution in [3.63, 3.8) is 0 Å². The summed E-state index contributed by atoms with van der Waals surface area (Å²) in [7, 11) is 0. The van der Waals surface area contributed by atoms with E-state index in [1.807, 2.05) is 48.7 Å². The molecule has 0 aliphatic carbocycles. The highest BCUT2D eigenvalue weighted by Crippen LogP contribution is 2.21. The van der Waals surface area contributed by atoms with Crippen molar-refractivity contribution in [3.8, 4) is 16.5 Å². The number of benzene rings is 1. The minimum absolute atomic E-state index is 0.172. The molecule has 2 aromatic heterocycles. The largest absolute Gasteiger partial charge is 0.481 e. The quantitative estimate of drug-likeness (QED) is 0.651. The Balaban J connectivity index is 1.55. The fourth-order valence-corrected chi connectivity index (χ4v) is 3.05. The number of rotatable bonds is 8. The molecule has 0 unspecified atom stereocenters. The minimum Gasteiger partial charge on any atom is -0.481 e. The summed E-state index contributed by atoms with van der Waals surface area (Å²) >= 11 is 1.53. The number of nitrogens with zero attached hydrogens (tertiary/aromatic N) is 2. The maximum absolute atomic E-state index is 12.4. The molecule has 1 amide bonds. The van der Waals surface area contributed by atoms with Crippen molar-refractivity contribution in [3.05, 3.63) is 53.2 Å². The first-order valence-electron chi connectivity index (χ1n) is 8.59. The van der Waals surface area contributed by atoms with Crippen molar-refractivity contribution >= 4 is 17.2 Å². The molecule has 1 N–H and O–H groups in total. The van der Waals surface area contributed by atoms with Crippen LogP contribution in [0, 0.1) is 0 Å². The van der Waals surface area contributed by atoms with Crippen LogP contribution >= 0.6 is 11.3 Å². The molecule has 6 nitrogen and oxygen atoms in total. The van der Waals surface area contributed by atoms with E-state index in [1.165, 1.54) is 16.9 Å². The Morgan fingerprint density at radius 1 is 1.27 bits per heavy atom. The van der Waals surface area contributed by atoms with E-state index >= 15 is 0 Å². The van der Waals surface area contributed by atoms with E-state index in [9.17, 15) is 4.79 Å². The Kier molecular flexibility index (Phi) is 6.01. The maximum Gasteiger partial charge on any atom is 0.261 e. The molecule has 0 aliphatic heterocycles. The molecule has 2 heterocycles. The van der Waals surface area contributed by atoms with Crippen molar-refractivity contribution < 1.29 is 14.1 Å². The normalized spacial score (nSPS) is 11.9. The van der Waals surface area contributed by atoms with Crippen LogP contribution in [0.3, 0.4) is 0 Å². The van der Waals surface area contributed by atoms with Gasteiger partial charge in [0.25, 0.3) is 5.91 Å². The van der Waals surface area contributed by atoms with Gasteiger partial charge in [-0.3, -0.25) is 4.79 Å². The number of thiophene rings is 1. The highest BCUT2D eigenvalue weighted by atomic mass is 32.1. The summed E-state index contributed by atoms with van der Waals surface area (Å²) in [5.74, 6) is 1.37. The number of aryl methyl sites for hydroxylation is 1. The van der Waals surface area contributed by atoms with Crippen LogP contribution in [0.25, 0.3) is 10.7 Å². The van der Waals surface area contributed by atoms with Gasteiger partial charge >= 0.3 is 0 Å². The van der Waals surface area contributed by atoms with Crippen LogP contribution in [0.4, 0.5) is 0 Å². The number of amides is 1. The summed E-state index contributed by atoms with van der Waals surface area (Å²) in [5, 5.41) is 8.67. The molecule has 7 heteroatoms. The van der Waals surface area contributed by atoms with E-state index in [1.54, 1.807) is 0 Å². The second-order valence-electron chi connectivity index (χ2n) is 5.72. The van der Waals surface area contributed by atoms with Crippen LogP contribution in [0.2, 0.25) is 0 Å². The van der Waals surface area contributed by atoms with Crippen molar-refractivity contribution in [1.82, 2.24) is 15.5 Å². The topological polar surface area (TPSA) is 77.2 Å². The number of ether oxygens (including phenoxy) is 1. The van der Waals surface area contributed by atoms with Gasteiger partial charge in [0, 0.05) is 0 Å². The predicted molar refractivity (Wildman–Crippen MR) is 100.0 cm³/mol. The molecule has 0 spiro atoms. The first kappa shape index (κ1) is 18.1. The zero-order valence-electron chi connectivity index (χ0n) is 14.8. The van der Waals surface area contributed by atoms with Gasteiger partial charge in [0.05, 0.1) is 11.4 Å². The Bertz CT molecular complexity index is 828. The Hall–Kier alpha value is -2.67. The Labute approximate surface area is 156 Å². The molecule has 0 aliphatic rings. The van der Waals surface area contributed by atoms with Gasteiger partial charge in [-0.2, -0.15) is 4.98 Å². The van der Waals surface area contributed by atoms with Crippen molar-refractivity contribution in [2.75, 3.05) is 0 Å². The van der Waals surface area contributed by atoms with Gasteiger partial charge in [0.15, 0.2) is 6.10 Å². The number of carbonyl (C=O) groups excluding carboxylic acids is 1. The smallest absolute Gasteiger partial charge is 0.261 e. The fraction of sp³-hybridized carbons (Fsp3) is 0.316. The first-order chi connectivity index (χ1) is 12.7. The third-order valence-corrected chi connectivity index (χ3v) is 4.76. The summed E-state index contributed by atoms with van der Waals surface area (Å²) in [5.41, 5.74) is 1.23. The summed E-state index contributed by atoms with van der Waals surface area (Å²) < 4.78 is 11.0. The van der Waals surface area contributed by atoms with Crippen LogP contribution in [0.1, 0.15) is 31.7 Å². The summed E-state index contributed by atoms with van der Waals surface area (Å²) in [6, 6.07) is 11.6. The molecule has 0 saturated heterocycles. The number of aromatic nitrogens is 2. The number of hydrogen-bond donors (Lipinski definition) is 1. The van der Waals surface area contributed by atoms with E-state index in [-0.39, 0.29) is 12.5 Å². The fourth-order valence-electron chi connectivity index (χ4n) is 2.40. The maximum atomic E-state index is 12.4. The number of carbonyl (C=O) groups is 1. The molecule has 0 saturated carbocycles. The lowest BCUT2D eigenvalue weighted by molar-refractivity contribution is -0.128. The standard InChI is InChI=1S/C19H21N3O3S/c1-3-13-7-9-14(10-8-13)24-15(4-2)19(23)20-12-17-21-18(22-25-17)16-6-5-11-26-16/h5-11,15H,3-4,12H2,1-2H3,(H,20,23)/t15-/m0/s1. The highest BCUT2D eigenvalue weighted by Gasteiger charge is 2.19. The summed E-state index contributed by atoms with van der Waals surface area (Å²) in [6.45, 7) is 4.18. The first-order valence-corrected chi connectivity index (χ1v) is 9.47. The molecule has 0 fully saturated rings. The monoisotopic (exact) mass is 371 g/mol. The van der Waals surface area contributed by atoms with Crippen LogP contribution in [0.15, 0.2) is 46.3 Å². The van der Waals surface area contributed by atoms with Gasteiger partial charge in [-0.1, -0.05) is 37.2 Å². The molecule has 0 radical (unpaired) electrons. The van der Waals surface area contributed by atoms with Gasteiger partial charge < -0.3 is 14.6 Å². The van der Waals surface area contributed by atoms with Crippen molar-refractivity contribution in [1.29, 1.82) is 0 Å². The summed E-state index contributed by atoms with van der Waals surface area (Å²) in [6.07, 6.45) is 0.962. The number of nitrogens with one attached hydrogen (secondary N) is 1. The van der Waals surface area contributed by atoms with E-state index < -0.39 is 6.10 Å². The average molecular weight is 371 g/mol. The van der Waals surface area contributed by atoms with Gasteiger partial charge in [0.2, 0.25) is 11.7 Å². The lowest BCUT2D eigenvalue weighted by Crippen LogP contribution is -2.37. The Morgan fingerprint density at radius 3 is 2.73 bits per heavy atom. The third kappa shape index (κ3) is 4.49. The number of hydrogen-bond acceptors (Lipinski definition) is 6. The average Bonchev–Trinajstić information content (AvgIpc) is 3.36. The molecule has 136 valence electrons. The molecular formula is C19H21N3O3S. The van der Waals surface area contributed by atoms with Crippen molar-refractivity contribution in [2.45, 2.75) is 39.3 Å². The molecule has 26 heavy (non-hydrogen) atoms. The van der Waals surface area contributed by atoms with E-state index in [2.05, 4.69) is 22.4 Å². The summed E-state index contributed by atoms with van der Waals surface area (Å²) in [4.78, 5) is 17.6. The lowest BCUT2D eigenvalue weighted by atomic mass is 10.2. The van der Waals surface area contributed by atoms with E-state index in [0.29, 0.717) is 23.9 Å². The van der Waals surface area contributed by atoms with Crippen LogP contribution in [-0.2, 0) is 17.8 Å². The second-order valence-corrected chi connectivity index (χ2v) is 6.67. The molecular weight excluding hydrogens is 350 g/mol. The zero-order chi connectivity index (χ0) is 18.4. The Morgan fingerprint density at radius 2 is 2.08 bits per heavy atom. The third-order valence-electron chi connectivity index (χ3n) is 3.90. The SMILES string of the molecule is CCc1ccc(O[C@@H](CC)C(=O)NCc2nc(-c3cccs3)no2)cc1. The minimum atomic E-state index is -0.567. The van der Waals surface area contributed by atoms with Crippen LogP contribution in [0.5, 0.6) is 5.75 Å². The zero-order valence-corrected chi connectivity index (χ0v) is 15.6. The highest BCUT2D eigenvalue weighted by molar-refractivity contribution is 7.13.